The lowest BCUT2D eigenvalue weighted by Crippen LogP contribution is -2.38. The second kappa shape index (κ2) is 8.89. The van der Waals surface area contributed by atoms with E-state index in [0.29, 0.717) is 5.95 Å². The summed E-state index contributed by atoms with van der Waals surface area (Å²) in [4.78, 5) is 10.5. The molecule has 0 N–H and O–H groups in total. The van der Waals surface area contributed by atoms with Gasteiger partial charge in [0.1, 0.15) is 0 Å². The van der Waals surface area contributed by atoms with Crippen molar-refractivity contribution in [3.05, 3.63) is 138 Å². The van der Waals surface area contributed by atoms with E-state index < -0.39 is 0 Å². The van der Waals surface area contributed by atoms with E-state index in [0.717, 1.165) is 34.5 Å². The van der Waals surface area contributed by atoms with Crippen LogP contribution >= 0.6 is 0 Å². The molecule has 0 amide bonds. The maximum absolute atomic E-state index is 5.24. The van der Waals surface area contributed by atoms with Gasteiger partial charge in [-0.1, -0.05) is 117 Å². The smallest absolute Gasteiger partial charge is 0.235 e. The van der Waals surface area contributed by atoms with Crippen LogP contribution in [0.1, 0.15) is 32.0 Å². The number of fused-ring (bicyclic) bond motifs is 8. The number of benzene rings is 4. The van der Waals surface area contributed by atoms with E-state index in [2.05, 4.69) is 138 Å². The van der Waals surface area contributed by atoms with Crippen LogP contribution in [-0.4, -0.2) is 19.1 Å². The number of rotatable bonds is 3. The minimum atomic E-state index is -0.121. The standard InChI is InChI=1S/C39H30N4/c1-39(2)35-23-27-17-9-11-19-31(27)42(35)34-22-21-33-36(37(34)39)28-18-10-12-20-32(28)43(33)38-40-29(25-13-5-3-6-14-25)24-30(41-38)26-15-7-4-8-16-26/h3-21,23-24,34H,22H2,1-2H3. The van der Waals surface area contributed by atoms with Crippen molar-refractivity contribution in [3.8, 4) is 28.5 Å². The lowest BCUT2D eigenvalue weighted by atomic mass is 9.77. The second-order valence-corrected chi connectivity index (χ2v) is 12.2. The zero-order valence-electron chi connectivity index (χ0n) is 24.2. The Morgan fingerprint density at radius 3 is 1.98 bits per heavy atom. The third-order valence-corrected chi connectivity index (χ3v) is 9.48. The molecule has 1 atom stereocenters. The molecule has 0 radical (unpaired) electrons. The molecule has 1 aliphatic carbocycles. The molecule has 43 heavy (non-hydrogen) atoms. The van der Waals surface area contributed by atoms with Crippen LogP contribution in [-0.2, 0) is 5.41 Å². The molecule has 4 heteroatoms. The van der Waals surface area contributed by atoms with Gasteiger partial charge in [0.2, 0.25) is 5.95 Å². The first-order valence-electron chi connectivity index (χ1n) is 15.0. The number of hydrogen-bond acceptors (Lipinski definition) is 2. The van der Waals surface area contributed by atoms with Crippen molar-refractivity contribution >= 4 is 33.5 Å². The fraction of sp³-hybridized carbons (Fsp3) is 0.128. The van der Waals surface area contributed by atoms with Gasteiger partial charge in [0.25, 0.3) is 0 Å². The van der Waals surface area contributed by atoms with Gasteiger partial charge in [-0.15, -0.1) is 0 Å². The van der Waals surface area contributed by atoms with Gasteiger partial charge in [-0.25, -0.2) is 9.97 Å². The molecule has 0 saturated heterocycles. The van der Waals surface area contributed by atoms with Crippen molar-refractivity contribution in [1.82, 2.24) is 19.1 Å². The maximum Gasteiger partial charge on any atom is 0.235 e. The van der Waals surface area contributed by atoms with Crippen molar-refractivity contribution < 1.29 is 0 Å². The summed E-state index contributed by atoms with van der Waals surface area (Å²) in [6.07, 6.45) is 3.35. The van der Waals surface area contributed by atoms with E-state index in [1.54, 1.807) is 0 Å². The number of hydrogen-bond donors (Lipinski definition) is 0. The highest BCUT2D eigenvalue weighted by atomic mass is 15.2. The summed E-state index contributed by atoms with van der Waals surface area (Å²) in [5, 5.41) is 5.10. The van der Waals surface area contributed by atoms with Crippen molar-refractivity contribution in [2.24, 2.45) is 0 Å². The zero-order chi connectivity index (χ0) is 28.7. The summed E-state index contributed by atoms with van der Waals surface area (Å²) in [7, 11) is 0. The lowest BCUT2D eigenvalue weighted by Gasteiger charge is -2.25. The van der Waals surface area contributed by atoms with Gasteiger partial charge >= 0.3 is 0 Å². The summed E-state index contributed by atoms with van der Waals surface area (Å²) in [5.41, 5.74) is 9.20. The van der Waals surface area contributed by atoms with E-state index >= 15 is 0 Å². The lowest BCUT2D eigenvalue weighted by molar-refractivity contribution is 0.675. The number of aromatic nitrogens is 4. The summed E-state index contributed by atoms with van der Waals surface area (Å²) in [6, 6.07) is 43.2. The molecular weight excluding hydrogens is 524 g/mol. The average Bonchev–Trinajstić information content (AvgIpc) is 3.68. The van der Waals surface area contributed by atoms with E-state index in [-0.39, 0.29) is 11.5 Å². The van der Waals surface area contributed by atoms with Crippen LogP contribution in [0.4, 0.5) is 0 Å². The quantitative estimate of drug-likeness (QED) is 0.226. The molecule has 2 aliphatic rings. The Kier molecular flexibility index (Phi) is 5.04. The molecule has 3 aromatic heterocycles. The van der Waals surface area contributed by atoms with Crippen LogP contribution in [0, 0.1) is 0 Å². The number of nitrogens with zero attached hydrogens (tertiary/aromatic N) is 4. The highest BCUT2D eigenvalue weighted by molar-refractivity contribution is 5.91. The van der Waals surface area contributed by atoms with E-state index in [9.17, 15) is 0 Å². The van der Waals surface area contributed by atoms with Crippen LogP contribution in [0.5, 0.6) is 0 Å². The Bertz CT molecular complexity index is 2280. The molecule has 7 aromatic rings. The van der Waals surface area contributed by atoms with Crippen molar-refractivity contribution in [3.63, 3.8) is 0 Å². The first-order chi connectivity index (χ1) is 21.1. The normalized spacial score (nSPS) is 16.6. The first kappa shape index (κ1) is 24.4. The van der Waals surface area contributed by atoms with Gasteiger partial charge in [-0.05, 0) is 41.6 Å². The first-order valence-corrected chi connectivity index (χ1v) is 15.0. The molecule has 4 nitrogen and oxygen atoms in total. The summed E-state index contributed by atoms with van der Waals surface area (Å²) < 4.78 is 4.89. The predicted octanol–water partition coefficient (Wildman–Crippen LogP) is 7.58. The highest BCUT2D eigenvalue weighted by Gasteiger charge is 2.44. The van der Waals surface area contributed by atoms with Crippen LogP contribution in [0.25, 0.3) is 61.9 Å². The van der Waals surface area contributed by atoms with Crippen LogP contribution in [0.15, 0.2) is 121 Å². The fourth-order valence-corrected chi connectivity index (χ4v) is 7.60. The molecule has 1 aliphatic heterocycles. The van der Waals surface area contributed by atoms with E-state index in [1.165, 1.54) is 38.1 Å². The molecule has 0 spiro atoms. The van der Waals surface area contributed by atoms with E-state index in [1.807, 2.05) is 12.1 Å². The minimum Gasteiger partial charge on any atom is -0.336 e. The van der Waals surface area contributed by atoms with Crippen molar-refractivity contribution in [2.75, 3.05) is 0 Å². The van der Waals surface area contributed by atoms with Gasteiger partial charge in [-0.3, -0.25) is 4.57 Å². The molecule has 0 bridgehead atoms. The van der Waals surface area contributed by atoms with Crippen LogP contribution in [0.2, 0.25) is 0 Å². The molecular formula is C39H30N4. The molecule has 0 saturated carbocycles. The van der Waals surface area contributed by atoms with Gasteiger partial charge < -0.3 is 4.57 Å². The molecule has 0 fully saturated rings. The van der Waals surface area contributed by atoms with Gasteiger partial charge in [-0.2, -0.15) is 0 Å². The third kappa shape index (κ3) is 3.44. The zero-order valence-corrected chi connectivity index (χ0v) is 24.2. The van der Waals surface area contributed by atoms with Gasteiger partial charge in [0, 0.05) is 38.4 Å². The summed E-state index contributed by atoms with van der Waals surface area (Å²) >= 11 is 0. The van der Waals surface area contributed by atoms with Gasteiger partial charge in [0.05, 0.1) is 28.3 Å². The predicted molar refractivity (Wildman–Crippen MR) is 175 cm³/mol. The number of para-hydroxylation sites is 2. The molecule has 4 aromatic carbocycles. The SMILES string of the molecule is CC1(C)C2=c3c(n(-c4nc(-c5ccccc5)cc(-c5ccccc5)n4)c4ccccc34)=CCC2n2c1cc1ccccc12. The van der Waals surface area contributed by atoms with Crippen molar-refractivity contribution in [2.45, 2.75) is 31.7 Å². The molecule has 1 unspecified atom stereocenters. The minimum absolute atomic E-state index is 0.121. The highest BCUT2D eigenvalue weighted by Crippen LogP contribution is 2.51. The Labute approximate surface area is 249 Å². The van der Waals surface area contributed by atoms with Crippen LogP contribution in [0.3, 0.4) is 0 Å². The van der Waals surface area contributed by atoms with Crippen molar-refractivity contribution in [1.29, 1.82) is 0 Å². The monoisotopic (exact) mass is 554 g/mol. The Hall–Kier alpha value is -5.22. The fourth-order valence-electron chi connectivity index (χ4n) is 7.60. The van der Waals surface area contributed by atoms with Crippen LogP contribution < -0.4 is 10.6 Å². The third-order valence-electron chi connectivity index (χ3n) is 9.48. The Morgan fingerprint density at radius 2 is 1.28 bits per heavy atom. The summed E-state index contributed by atoms with van der Waals surface area (Å²) in [5.74, 6) is 0.703. The topological polar surface area (TPSA) is 35.6 Å². The molecule has 9 rings (SSSR count). The Morgan fingerprint density at radius 1 is 0.674 bits per heavy atom. The largest absolute Gasteiger partial charge is 0.336 e. The molecule has 4 heterocycles. The molecule has 206 valence electrons. The average molecular weight is 555 g/mol. The second-order valence-electron chi connectivity index (χ2n) is 12.2. The summed E-state index contributed by atoms with van der Waals surface area (Å²) in [6.45, 7) is 4.79. The Balaban J connectivity index is 1.37. The van der Waals surface area contributed by atoms with Gasteiger partial charge in [0.15, 0.2) is 0 Å². The maximum atomic E-state index is 5.24. The van der Waals surface area contributed by atoms with E-state index in [4.69, 9.17) is 9.97 Å².